The van der Waals surface area contributed by atoms with Crippen molar-refractivity contribution in [2.24, 2.45) is 16.7 Å². The highest BCUT2D eigenvalue weighted by molar-refractivity contribution is 5.89. The maximum atomic E-state index is 11.6. The molecule has 2 atom stereocenters. The average Bonchev–Trinajstić information content (AvgIpc) is 2.64. The number of fused-ring (bicyclic) bond motifs is 2. The highest BCUT2D eigenvalue weighted by Gasteiger charge is 2.61. The normalized spacial score (nSPS) is 38.4. The standard InChI is InChI=1S/C10H16O.C6H12O/c1-9(2)7-4-5-10(9,3)8(11)6-7;7-6-4-2-1-3-5-6/h7H,4-6H2,1-3H3;6-7H,1-5H2. The number of rotatable bonds is 0. The molecule has 0 aromatic carbocycles. The third kappa shape index (κ3) is 2.24. The second-order valence-electron chi connectivity index (χ2n) is 7.21. The lowest BCUT2D eigenvalue weighted by molar-refractivity contribution is -0.128. The van der Waals surface area contributed by atoms with Crippen LogP contribution in [0.5, 0.6) is 0 Å². The van der Waals surface area contributed by atoms with Crippen LogP contribution >= 0.6 is 0 Å². The fraction of sp³-hybridized carbons (Fsp3) is 0.938. The molecule has 2 heteroatoms. The van der Waals surface area contributed by atoms with Crippen LogP contribution in [-0.2, 0) is 4.79 Å². The minimum Gasteiger partial charge on any atom is -0.393 e. The number of carbonyl (C=O) groups excluding carboxylic acids is 1. The molecule has 18 heavy (non-hydrogen) atoms. The van der Waals surface area contributed by atoms with Crippen LogP contribution in [0.4, 0.5) is 0 Å². The largest absolute Gasteiger partial charge is 0.393 e. The SMILES string of the molecule is CC12CCC(CC1=O)C2(C)C.OC1CCCCC1. The molecule has 0 aliphatic heterocycles. The number of aliphatic hydroxyl groups is 1. The summed E-state index contributed by atoms with van der Waals surface area (Å²) in [4.78, 5) is 11.6. The first kappa shape index (κ1) is 14.0. The van der Waals surface area contributed by atoms with Gasteiger partial charge < -0.3 is 5.11 Å². The van der Waals surface area contributed by atoms with Crippen molar-refractivity contribution in [1.82, 2.24) is 0 Å². The monoisotopic (exact) mass is 252 g/mol. The Kier molecular flexibility index (Phi) is 3.87. The molecule has 104 valence electrons. The molecule has 0 spiro atoms. The van der Waals surface area contributed by atoms with E-state index in [4.69, 9.17) is 5.11 Å². The maximum Gasteiger partial charge on any atom is 0.139 e. The summed E-state index contributed by atoms with van der Waals surface area (Å²) in [6, 6.07) is 0. The highest BCUT2D eigenvalue weighted by atomic mass is 16.3. The smallest absolute Gasteiger partial charge is 0.139 e. The summed E-state index contributed by atoms with van der Waals surface area (Å²) >= 11 is 0. The van der Waals surface area contributed by atoms with E-state index in [9.17, 15) is 4.79 Å². The summed E-state index contributed by atoms with van der Waals surface area (Å²) in [5.41, 5.74) is 0.307. The molecule has 3 saturated carbocycles. The van der Waals surface area contributed by atoms with E-state index >= 15 is 0 Å². The summed E-state index contributed by atoms with van der Waals surface area (Å²) in [6.45, 7) is 6.67. The molecule has 3 fully saturated rings. The van der Waals surface area contributed by atoms with Crippen LogP contribution < -0.4 is 0 Å². The molecule has 0 aromatic rings. The lowest BCUT2D eigenvalue weighted by Gasteiger charge is -2.32. The van der Waals surface area contributed by atoms with Crippen LogP contribution in [0.25, 0.3) is 0 Å². The lowest BCUT2D eigenvalue weighted by Crippen LogP contribution is -2.32. The van der Waals surface area contributed by atoms with E-state index < -0.39 is 0 Å². The molecule has 3 aliphatic carbocycles. The van der Waals surface area contributed by atoms with E-state index in [0.29, 0.717) is 11.7 Å². The number of aliphatic hydroxyl groups excluding tert-OH is 1. The highest BCUT2D eigenvalue weighted by Crippen LogP contribution is 2.63. The zero-order valence-corrected chi connectivity index (χ0v) is 12.2. The Morgan fingerprint density at radius 1 is 1.06 bits per heavy atom. The van der Waals surface area contributed by atoms with Crippen molar-refractivity contribution in [3.63, 3.8) is 0 Å². The van der Waals surface area contributed by atoms with Crippen LogP contribution in [0.15, 0.2) is 0 Å². The van der Waals surface area contributed by atoms with Crippen LogP contribution in [0, 0.1) is 16.7 Å². The summed E-state index contributed by atoms with van der Waals surface area (Å²) in [5.74, 6) is 1.19. The van der Waals surface area contributed by atoms with Gasteiger partial charge in [0.05, 0.1) is 6.10 Å². The van der Waals surface area contributed by atoms with Crippen LogP contribution in [0.2, 0.25) is 0 Å². The van der Waals surface area contributed by atoms with E-state index in [-0.39, 0.29) is 16.9 Å². The van der Waals surface area contributed by atoms with Gasteiger partial charge in [0.2, 0.25) is 0 Å². The van der Waals surface area contributed by atoms with Gasteiger partial charge in [0.15, 0.2) is 0 Å². The van der Waals surface area contributed by atoms with Gasteiger partial charge in [-0.2, -0.15) is 0 Å². The lowest BCUT2D eigenvalue weighted by atomic mass is 9.70. The summed E-state index contributed by atoms with van der Waals surface area (Å²) in [7, 11) is 0. The Bertz CT molecular complexity index is 315. The first-order valence-electron chi connectivity index (χ1n) is 7.59. The summed E-state index contributed by atoms with van der Waals surface area (Å²) < 4.78 is 0. The number of ketones is 1. The van der Waals surface area contributed by atoms with Gasteiger partial charge in [-0.1, -0.05) is 40.0 Å². The molecule has 0 saturated heterocycles. The minimum atomic E-state index is 0.0255. The molecule has 0 aromatic heterocycles. The van der Waals surface area contributed by atoms with Crippen molar-refractivity contribution >= 4 is 5.78 Å². The summed E-state index contributed by atoms with van der Waals surface area (Å²) in [6.07, 6.45) is 9.18. The van der Waals surface area contributed by atoms with Crippen molar-refractivity contribution < 1.29 is 9.90 Å². The summed E-state index contributed by atoms with van der Waals surface area (Å²) in [5, 5.41) is 8.91. The molecule has 1 N–H and O–H groups in total. The molecule has 2 nitrogen and oxygen atoms in total. The molecule has 3 aliphatic rings. The number of Topliss-reactive ketones (excluding diaryl/α,β-unsaturated/α-hetero) is 1. The van der Waals surface area contributed by atoms with Gasteiger partial charge in [0.1, 0.15) is 5.78 Å². The van der Waals surface area contributed by atoms with Crippen molar-refractivity contribution in [2.75, 3.05) is 0 Å². The Morgan fingerprint density at radius 2 is 1.67 bits per heavy atom. The van der Waals surface area contributed by atoms with Gasteiger partial charge in [-0.15, -0.1) is 0 Å². The van der Waals surface area contributed by atoms with Gasteiger partial charge >= 0.3 is 0 Å². The number of hydrogen-bond donors (Lipinski definition) is 1. The van der Waals surface area contributed by atoms with Gasteiger partial charge in [-0.25, -0.2) is 0 Å². The Balaban J connectivity index is 0.000000149. The van der Waals surface area contributed by atoms with Gasteiger partial charge in [-0.3, -0.25) is 4.79 Å². The molecule has 2 unspecified atom stereocenters. The van der Waals surface area contributed by atoms with Crippen molar-refractivity contribution in [3.8, 4) is 0 Å². The Hall–Kier alpha value is -0.370. The van der Waals surface area contributed by atoms with Crippen molar-refractivity contribution in [3.05, 3.63) is 0 Å². The van der Waals surface area contributed by atoms with Crippen LogP contribution in [-0.4, -0.2) is 17.0 Å². The van der Waals surface area contributed by atoms with Crippen LogP contribution in [0.1, 0.15) is 72.1 Å². The maximum absolute atomic E-state index is 11.6. The number of carbonyl (C=O) groups is 1. The van der Waals surface area contributed by atoms with E-state index in [1.54, 1.807) is 0 Å². The molecule has 2 bridgehead atoms. The fourth-order valence-electron chi connectivity index (χ4n) is 3.98. The Labute approximate surface area is 111 Å². The number of hydrogen-bond acceptors (Lipinski definition) is 2. The third-order valence-corrected chi connectivity index (χ3v) is 6.06. The zero-order valence-electron chi connectivity index (χ0n) is 12.2. The van der Waals surface area contributed by atoms with Gasteiger partial charge in [0.25, 0.3) is 0 Å². The van der Waals surface area contributed by atoms with E-state index in [0.717, 1.165) is 25.7 Å². The van der Waals surface area contributed by atoms with E-state index in [1.807, 2.05) is 0 Å². The van der Waals surface area contributed by atoms with E-state index in [2.05, 4.69) is 20.8 Å². The average molecular weight is 252 g/mol. The predicted octanol–water partition coefficient (Wildman–Crippen LogP) is 3.71. The molecular formula is C16H28O2. The minimum absolute atomic E-state index is 0.0255. The van der Waals surface area contributed by atoms with Gasteiger partial charge in [0, 0.05) is 11.8 Å². The molecule has 0 radical (unpaired) electrons. The molecular weight excluding hydrogens is 224 g/mol. The first-order chi connectivity index (χ1) is 8.38. The molecule has 0 heterocycles. The second kappa shape index (κ2) is 4.96. The Morgan fingerprint density at radius 3 is 1.89 bits per heavy atom. The topological polar surface area (TPSA) is 37.3 Å². The first-order valence-corrected chi connectivity index (χ1v) is 7.59. The van der Waals surface area contributed by atoms with Crippen molar-refractivity contribution in [1.29, 1.82) is 0 Å². The molecule has 3 rings (SSSR count). The second-order valence-corrected chi connectivity index (χ2v) is 7.21. The van der Waals surface area contributed by atoms with E-state index in [1.165, 1.54) is 25.7 Å². The predicted molar refractivity (Wildman–Crippen MR) is 73.3 cm³/mol. The zero-order chi connectivity index (χ0) is 13.4. The third-order valence-electron chi connectivity index (χ3n) is 6.06. The van der Waals surface area contributed by atoms with Crippen molar-refractivity contribution in [2.45, 2.75) is 78.2 Å². The molecule has 0 amide bonds. The van der Waals surface area contributed by atoms with Gasteiger partial charge in [-0.05, 0) is 37.0 Å². The fourth-order valence-corrected chi connectivity index (χ4v) is 3.98. The van der Waals surface area contributed by atoms with Crippen LogP contribution in [0.3, 0.4) is 0 Å². The quantitative estimate of drug-likeness (QED) is 0.713.